The standard InChI is InChI=1S/C19H17ClN4S/c1-15(11-16-5-3-2-4-6-16)12-22-24-14-21-23-19(24)25-13-17-7-9-18(20)10-8-17/h2-12,14H,13H2,1H3/b15-11+,22-12+. The predicted molar refractivity (Wildman–Crippen MR) is 105 cm³/mol. The van der Waals surface area contributed by atoms with E-state index in [1.807, 2.05) is 55.6 Å². The summed E-state index contributed by atoms with van der Waals surface area (Å²) in [6, 6.07) is 17.9. The van der Waals surface area contributed by atoms with Crippen molar-refractivity contribution in [2.45, 2.75) is 17.8 Å². The summed E-state index contributed by atoms with van der Waals surface area (Å²) < 4.78 is 1.68. The smallest absolute Gasteiger partial charge is 0.195 e. The molecule has 0 unspecified atom stereocenters. The highest BCUT2D eigenvalue weighted by atomic mass is 35.5. The average Bonchev–Trinajstić information content (AvgIpc) is 3.08. The summed E-state index contributed by atoms with van der Waals surface area (Å²) >= 11 is 7.49. The molecule has 25 heavy (non-hydrogen) atoms. The monoisotopic (exact) mass is 368 g/mol. The summed E-state index contributed by atoms with van der Waals surface area (Å²) in [7, 11) is 0. The number of nitrogens with zero attached hydrogens (tertiary/aromatic N) is 4. The molecule has 0 aliphatic heterocycles. The topological polar surface area (TPSA) is 43.1 Å². The van der Waals surface area contributed by atoms with Gasteiger partial charge in [-0.15, -0.1) is 10.2 Å². The van der Waals surface area contributed by atoms with Gasteiger partial charge in [0.1, 0.15) is 6.33 Å². The number of hydrogen-bond acceptors (Lipinski definition) is 4. The van der Waals surface area contributed by atoms with E-state index in [2.05, 4.69) is 33.5 Å². The fourth-order valence-corrected chi connectivity index (χ4v) is 3.07. The average molecular weight is 369 g/mol. The van der Waals surface area contributed by atoms with E-state index in [0.717, 1.165) is 27.1 Å². The van der Waals surface area contributed by atoms with Crippen LogP contribution < -0.4 is 0 Å². The molecule has 0 bridgehead atoms. The van der Waals surface area contributed by atoms with E-state index in [4.69, 9.17) is 11.6 Å². The fraction of sp³-hybridized carbons (Fsp3) is 0.105. The predicted octanol–water partition coefficient (Wildman–Crippen LogP) is 5.16. The van der Waals surface area contributed by atoms with Crippen LogP contribution in [-0.4, -0.2) is 21.1 Å². The normalized spacial score (nSPS) is 12.0. The van der Waals surface area contributed by atoms with Crippen LogP contribution in [-0.2, 0) is 5.75 Å². The van der Waals surface area contributed by atoms with Crippen molar-refractivity contribution in [2.24, 2.45) is 5.10 Å². The van der Waals surface area contributed by atoms with Crippen LogP contribution in [0.2, 0.25) is 5.02 Å². The van der Waals surface area contributed by atoms with Gasteiger partial charge in [0.25, 0.3) is 0 Å². The minimum absolute atomic E-state index is 0.738. The van der Waals surface area contributed by atoms with E-state index in [-0.39, 0.29) is 0 Å². The maximum absolute atomic E-state index is 5.91. The summed E-state index contributed by atoms with van der Waals surface area (Å²) in [5.41, 5.74) is 3.37. The zero-order valence-corrected chi connectivity index (χ0v) is 15.3. The van der Waals surface area contributed by atoms with Gasteiger partial charge in [-0.2, -0.15) is 9.78 Å². The molecule has 0 N–H and O–H groups in total. The van der Waals surface area contributed by atoms with Crippen LogP contribution in [0.1, 0.15) is 18.1 Å². The second-order valence-electron chi connectivity index (χ2n) is 5.42. The van der Waals surface area contributed by atoms with E-state index in [1.54, 1.807) is 22.8 Å². The molecule has 0 spiro atoms. The number of benzene rings is 2. The Morgan fingerprint density at radius 1 is 1.16 bits per heavy atom. The van der Waals surface area contributed by atoms with Gasteiger partial charge in [-0.3, -0.25) is 0 Å². The number of aromatic nitrogens is 3. The van der Waals surface area contributed by atoms with Crippen molar-refractivity contribution in [3.63, 3.8) is 0 Å². The van der Waals surface area contributed by atoms with Crippen molar-refractivity contribution in [2.75, 3.05) is 0 Å². The third-order valence-corrected chi connectivity index (χ3v) is 4.62. The molecule has 3 rings (SSSR count). The van der Waals surface area contributed by atoms with Crippen LogP contribution >= 0.6 is 23.4 Å². The first-order valence-electron chi connectivity index (χ1n) is 7.76. The minimum atomic E-state index is 0.738. The lowest BCUT2D eigenvalue weighted by Gasteiger charge is -2.02. The Kier molecular flexibility index (Phi) is 6.04. The number of hydrogen-bond donors (Lipinski definition) is 0. The first-order chi connectivity index (χ1) is 12.2. The lowest BCUT2D eigenvalue weighted by molar-refractivity contribution is 0.766. The fourth-order valence-electron chi connectivity index (χ4n) is 2.12. The Hall–Kier alpha value is -2.37. The van der Waals surface area contributed by atoms with Gasteiger partial charge >= 0.3 is 0 Å². The van der Waals surface area contributed by atoms with Gasteiger partial charge in [0.2, 0.25) is 5.16 Å². The molecule has 0 atom stereocenters. The van der Waals surface area contributed by atoms with Crippen molar-refractivity contribution < 1.29 is 0 Å². The first kappa shape index (κ1) is 17.5. The van der Waals surface area contributed by atoms with E-state index in [1.165, 1.54) is 5.56 Å². The molecule has 0 saturated heterocycles. The summed E-state index contributed by atoms with van der Waals surface area (Å²) in [4.78, 5) is 0. The second kappa shape index (κ2) is 8.65. The molecule has 6 heteroatoms. The highest BCUT2D eigenvalue weighted by Gasteiger charge is 2.04. The quantitative estimate of drug-likeness (QED) is 0.445. The summed E-state index contributed by atoms with van der Waals surface area (Å²) in [6.45, 7) is 2.02. The van der Waals surface area contributed by atoms with Gasteiger partial charge in [-0.1, -0.05) is 71.9 Å². The molecule has 1 aromatic heterocycles. The lowest BCUT2D eigenvalue weighted by Crippen LogP contribution is -1.92. The molecule has 0 aliphatic carbocycles. The molecule has 0 saturated carbocycles. The lowest BCUT2D eigenvalue weighted by atomic mass is 10.1. The van der Waals surface area contributed by atoms with Crippen LogP contribution in [0, 0.1) is 0 Å². The van der Waals surface area contributed by atoms with E-state index in [0.29, 0.717) is 0 Å². The van der Waals surface area contributed by atoms with Crippen molar-refractivity contribution in [1.82, 2.24) is 14.9 Å². The van der Waals surface area contributed by atoms with Crippen molar-refractivity contribution in [1.29, 1.82) is 0 Å². The summed E-state index contributed by atoms with van der Waals surface area (Å²) in [5.74, 6) is 0.782. The summed E-state index contributed by atoms with van der Waals surface area (Å²) in [6.07, 6.45) is 5.49. The highest BCUT2D eigenvalue weighted by Crippen LogP contribution is 2.21. The number of thioether (sulfide) groups is 1. The molecule has 0 radical (unpaired) electrons. The van der Waals surface area contributed by atoms with Gasteiger partial charge in [0.15, 0.2) is 0 Å². The molecule has 4 nitrogen and oxygen atoms in total. The zero-order chi connectivity index (χ0) is 17.5. The molecule has 0 aliphatic rings. The van der Waals surface area contributed by atoms with Crippen LogP contribution in [0.15, 0.2) is 76.8 Å². The molecule has 126 valence electrons. The Bertz CT molecular complexity index is 870. The SMILES string of the molecule is CC(/C=N/n1cnnc1SCc1ccc(Cl)cc1)=C\c1ccccc1. The largest absolute Gasteiger partial charge is 0.212 e. The van der Waals surface area contributed by atoms with Crippen molar-refractivity contribution in [3.8, 4) is 0 Å². The molecular weight excluding hydrogens is 352 g/mol. The molecule has 1 heterocycles. The third-order valence-electron chi connectivity index (χ3n) is 3.36. The Morgan fingerprint density at radius 3 is 2.68 bits per heavy atom. The first-order valence-corrected chi connectivity index (χ1v) is 9.12. The molecular formula is C19H17ClN4S. The maximum atomic E-state index is 5.91. The van der Waals surface area contributed by atoms with Gasteiger partial charge in [-0.05, 0) is 35.8 Å². The molecule has 3 aromatic rings. The maximum Gasteiger partial charge on any atom is 0.212 e. The van der Waals surface area contributed by atoms with E-state index >= 15 is 0 Å². The van der Waals surface area contributed by atoms with Crippen molar-refractivity contribution >= 4 is 35.7 Å². The van der Waals surface area contributed by atoms with Crippen LogP contribution in [0.3, 0.4) is 0 Å². The van der Waals surface area contributed by atoms with Crippen LogP contribution in [0.25, 0.3) is 6.08 Å². The Labute approximate surface area is 156 Å². The van der Waals surface area contributed by atoms with Crippen molar-refractivity contribution in [3.05, 3.63) is 82.6 Å². The number of rotatable bonds is 6. The van der Waals surface area contributed by atoms with Gasteiger partial charge in [0.05, 0.1) is 6.21 Å². The van der Waals surface area contributed by atoms with Gasteiger partial charge in [0, 0.05) is 10.8 Å². The summed E-state index contributed by atoms with van der Waals surface area (Å²) in [5, 5.41) is 14.0. The molecule has 0 fully saturated rings. The zero-order valence-electron chi connectivity index (χ0n) is 13.7. The van der Waals surface area contributed by atoms with Crippen LogP contribution in [0.4, 0.5) is 0 Å². The Balaban J connectivity index is 1.65. The molecule has 0 amide bonds. The number of halogens is 1. The van der Waals surface area contributed by atoms with Crippen LogP contribution in [0.5, 0.6) is 0 Å². The Morgan fingerprint density at radius 2 is 1.92 bits per heavy atom. The second-order valence-corrected chi connectivity index (χ2v) is 6.80. The third kappa shape index (κ3) is 5.31. The minimum Gasteiger partial charge on any atom is -0.195 e. The van der Waals surface area contributed by atoms with Gasteiger partial charge in [-0.25, -0.2) is 0 Å². The highest BCUT2D eigenvalue weighted by molar-refractivity contribution is 7.98. The molecule has 2 aromatic carbocycles. The van der Waals surface area contributed by atoms with E-state index in [9.17, 15) is 0 Å². The van der Waals surface area contributed by atoms with E-state index < -0.39 is 0 Å². The number of allylic oxidation sites excluding steroid dienone is 1. The van der Waals surface area contributed by atoms with Gasteiger partial charge < -0.3 is 0 Å².